The number of likely N-dealkylation sites (N-methyl/N-ethyl adjacent to an activating group) is 1. The zero-order valence-electron chi connectivity index (χ0n) is 23.1. The summed E-state index contributed by atoms with van der Waals surface area (Å²) in [5, 5.41) is 3.32. The minimum absolute atomic E-state index is 0.00692. The van der Waals surface area contributed by atoms with Crippen LogP contribution in [-0.4, -0.2) is 84.2 Å². The fraction of sp³-hybridized carbons (Fsp3) is 0.320. The van der Waals surface area contributed by atoms with Gasteiger partial charge < -0.3 is 9.80 Å². The number of nitrogens with two attached hydrogens (primary N) is 1. The summed E-state index contributed by atoms with van der Waals surface area (Å²) in [5.41, 5.74) is -0.515. The molecule has 0 bridgehead atoms. The van der Waals surface area contributed by atoms with E-state index in [0.29, 0.717) is 19.2 Å². The number of halogens is 4. The van der Waals surface area contributed by atoms with E-state index in [-0.39, 0.29) is 43.8 Å². The number of rotatable bonds is 8. The summed E-state index contributed by atoms with van der Waals surface area (Å²) in [6.07, 6.45) is 2.53. The number of hydrogen-bond donors (Lipinski definition) is 3. The van der Waals surface area contributed by atoms with Gasteiger partial charge in [0.05, 0.1) is 15.1 Å². The number of carbonyl (C=O) groups is 1. The van der Waals surface area contributed by atoms with Crippen molar-refractivity contribution in [1.29, 1.82) is 0 Å². The molecule has 1 amide bonds. The van der Waals surface area contributed by atoms with Gasteiger partial charge in [0, 0.05) is 41.9 Å². The van der Waals surface area contributed by atoms with Crippen molar-refractivity contribution in [1.82, 2.24) is 14.5 Å². The van der Waals surface area contributed by atoms with Crippen molar-refractivity contribution in [3.63, 3.8) is 0 Å². The number of allylic oxidation sites excluding steroid dienone is 1. The number of nitrogens with one attached hydrogen (secondary N) is 2. The van der Waals surface area contributed by atoms with E-state index in [2.05, 4.69) is 25.4 Å². The fourth-order valence-corrected chi connectivity index (χ4v) is 10.3. The lowest BCUT2D eigenvalue weighted by molar-refractivity contribution is -0.134. The summed E-state index contributed by atoms with van der Waals surface area (Å²) in [6, 6.07) is 5.61. The number of sulfonamides is 3. The van der Waals surface area contributed by atoms with Gasteiger partial charge in [0.15, 0.2) is 0 Å². The highest BCUT2D eigenvalue weighted by atomic mass is 79.9. The average Bonchev–Trinajstić information content (AvgIpc) is 2.90. The van der Waals surface area contributed by atoms with Crippen LogP contribution in [0.15, 0.2) is 63.6 Å². The van der Waals surface area contributed by atoms with Crippen LogP contribution in [0.4, 0.5) is 10.1 Å². The highest BCUT2D eigenvalue weighted by Gasteiger charge is 2.61. The van der Waals surface area contributed by atoms with E-state index < -0.39 is 57.5 Å². The second kappa shape index (κ2) is 12.5. The molecule has 1 aliphatic carbocycles. The number of primary sulfonamides is 1. The van der Waals surface area contributed by atoms with Crippen molar-refractivity contribution < 1.29 is 34.4 Å². The molecule has 12 nitrogen and oxygen atoms in total. The summed E-state index contributed by atoms with van der Waals surface area (Å²) in [7, 11) is -12.7. The lowest BCUT2D eigenvalue weighted by Gasteiger charge is -2.42. The normalized spacial score (nSPS) is 21.6. The van der Waals surface area contributed by atoms with Crippen LogP contribution in [0, 0.1) is 12.7 Å². The van der Waals surface area contributed by atoms with Crippen LogP contribution in [0.5, 0.6) is 0 Å². The van der Waals surface area contributed by atoms with Crippen LogP contribution in [-0.2, 0) is 34.9 Å². The number of amides is 1. The molecule has 2 unspecified atom stereocenters. The Labute approximate surface area is 273 Å². The maximum atomic E-state index is 14.4. The van der Waals surface area contributed by atoms with Crippen LogP contribution in [0.2, 0.25) is 10.0 Å². The molecular formula is C25H27BrCl2FN5O7S3. The smallest absolute Gasteiger partial charge is 0.261 e. The van der Waals surface area contributed by atoms with E-state index in [1.54, 1.807) is 7.05 Å². The van der Waals surface area contributed by atoms with Gasteiger partial charge in [-0.15, -0.1) is 0 Å². The molecule has 2 aromatic carbocycles. The molecule has 0 radical (unpaired) electrons. The Morgan fingerprint density at radius 1 is 1.00 bits per heavy atom. The standard InChI is InChI=1S/C25H27BrCl2FN5O7S3/c1-15-9-21(29)20(26)13-22(15)32-44(40,41)25(24(35)34-7-5-33(2)6-8-34)14-18(3-4-23(25)42(30,36)37)31-43(38,39)19-11-16(27)10-17(28)12-19/h3-4,9-14,23,31-32H,5-8H2,1-2H3,(H2,30,36,37). The number of benzene rings is 2. The fourth-order valence-electron chi connectivity index (χ4n) is 4.78. The lowest BCUT2D eigenvalue weighted by atomic mass is 9.95. The predicted octanol–water partition coefficient (Wildman–Crippen LogP) is 2.55. The first-order valence-electron chi connectivity index (χ1n) is 12.6. The third kappa shape index (κ3) is 6.94. The molecule has 1 aliphatic heterocycles. The summed E-state index contributed by atoms with van der Waals surface area (Å²) in [5.74, 6) is -1.86. The molecule has 1 heterocycles. The van der Waals surface area contributed by atoms with Crippen molar-refractivity contribution >= 4 is 80.8 Å². The molecule has 2 atom stereocenters. The van der Waals surface area contributed by atoms with Gasteiger partial charge in [0.2, 0.25) is 14.8 Å². The van der Waals surface area contributed by atoms with Gasteiger partial charge in [-0.25, -0.2) is 34.8 Å². The Kier molecular flexibility index (Phi) is 9.84. The van der Waals surface area contributed by atoms with E-state index in [4.69, 9.17) is 28.3 Å². The first kappa shape index (κ1) is 34.6. The second-order valence-electron chi connectivity index (χ2n) is 10.3. The summed E-state index contributed by atoms with van der Waals surface area (Å²) in [4.78, 5) is 17.0. The van der Waals surface area contributed by atoms with Crippen LogP contribution in [0.3, 0.4) is 0 Å². The topological polar surface area (TPSA) is 176 Å². The maximum Gasteiger partial charge on any atom is 0.261 e. The first-order valence-corrected chi connectivity index (χ1v) is 18.8. The largest absolute Gasteiger partial charge is 0.338 e. The molecule has 0 spiro atoms. The van der Waals surface area contributed by atoms with Crippen molar-refractivity contribution in [2.45, 2.75) is 21.8 Å². The van der Waals surface area contributed by atoms with Gasteiger partial charge in [-0.05, 0) is 77.9 Å². The predicted molar refractivity (Wildman–Crippen MR) is 169 cm³/mol. The van der Waals surface area contributed by atoms with Crippen LogP contribution < -0.4 is 14.6 Å². The van der Waals surface area contributed by atoms with Gasteiger partial charge >= 0.3 is 0 Å². The number of hydrogen-bond acceptors (Lipinski definition) is 8. The third-order valence-electron chi connectivity index (χ3n) is 7.08. The quantitative estimate of drug-likeness (QED) is 0.367. The van der Waals surface area contributed by atoms with E-state index in [1.807, 2.05) is 4.90 Å². The van der Waals surface area contributed by atoms with Crippen LogP contribution >= 0.6 is 39.1 Å². The van der Waals surface area contributed by atoms with E-state index in [0.717, 1.165) is 36.4 Å². The molecule has 2 aromatic rings. The molecule has 44 heavy (non-hydrogen) atoms. The van der Waals surface area contributed by atoms with Gasteiger partial charge in [-0.2, -0.15) is 0 Å². The molecule has 19 heteroatoms. The number of piperazine rings is 1. The lowest BCUT2D eigenvalue weighted by Crippen LogP contribution is -2.66. The molecule has 2 aliphatic rings. The molecule has 0 saturated carbocycles. The average molecular weight is 776 g/mol. The Morgan fingerprint density at radius 2 is 1.59 bits per heavy atom. The summed E-state index contributed by atoms with van der Waals surface area (Å²) in [6.45, 7) is 2.14. The molecular weight excluding hydrogens is 748 g/mol. The SMILES string of the molecule is Cc1cc(F)c(Br)cc1NS(=O)(=O)C1(C(=O)N2CCN(C)CC2)C=C(NS(=O)(=O)c2cc(Cl)cc(Cl)c2)C=CC1S(N)(=O)=O. The third-order valence-corrected chi connectivity index (χ3v) is 12.8. The van der Waals surface area contributed by atoms with Gasteiger partial charge in [0.1, 0.15) is 11.1 Å². The zero-order chi connectivity index (χ0) is 32.8. The van der Waals surface area contributed by atoms with Crippen molar-refractivity contribution in [3.8, 4) is 0 Å². The Morgan fingerprint density at radius 3 is 2.16 bits per heavy atom. The van der Waals surface area contributed by atoms with Crippen LogP contribution in [0.25, 0.3) is 0 Å². The second-order valence-corrected chi connectivity index (χ2v) is 17.2. The number of anilines is 1. The molecule has 240 valence electrons. The molecule has 4 rings (SSSR count). The van der Waals surface area contributed by atoms with E-state index in [1.165, 1.54) is 17.9 Å². The highest BCUT2D eigenvalue weighted by Crippen LogP contribution is 2.38. The van der Waals surface area contributed by atoms with Crippen molar-refractivity contribution in [2.24, 2.45) is 5.14 Å². The van der Waals surface area contributed by atoms with E-state index >= 15 is 0 Å². The van der Waals surface area contributed by atoms with E-state index in [9.17, 15) is 34.4 Å². The minimum Gasteiger partial charge on any atom is -0.338 e. The Balaban J connectivity index is 1.94. The van der Waals surface area contributed by atoms with Crippen molar-refractivity contribution in [2.75, 3.05) is 37.9 Å². The maximum absolute atomic E-state index is 14.4. The Hall–Kier alpha value is -2.25. The summed E-state index contributed by atoms with van der Waals surface area (Å²) >= 11 is 14.9. The molecule has 4 N–H and O–H groups in total. The van der Waals surface area contributed by atoms with Gasteiger partial charge in [-0.3, -0.25) is 14.2 Å². The molecule has 1 saturated heterocycles. The van der Waals surface area contributed by atoms with Crippen LogP contribution in [0.1, 0.15) is 5.56 Å². The number of carbonyl (C=O) groups excluding carboxylic acids is 1. The highest BCUT2D eigenvalue weighted by molar-refractivity contribution is 9.10. The first-order chi connectivity index (χ1) is 20.3. The number of nitrogens with zero attached hydrogens (tertiary/aromatic N) is 2. The minimum atomic E-state index is -5.17. The number of aryl methyl sites for hydroxylation is 1. The monoisotopic (exact) mass is 773 g/mol. The zero-order valence-corrected chi connectivity index (χ0v) is 28.6. The molecule has 1 fully saturated rings. The van der Waals surface area contributed by atoms with Gasteiger partial charge in [-0.1, -0.05) is 29.3 Å². The summed E-state index contributed by atoms with van der Waals surface area (Å²) < 4.78 is 96.9. The Bertz CT molecular complexity index is 1880. The van der Waals surface area contributed by atoms with Crippen molar-refractivity contribution in [3.05, 3.63) is 80.2 Å². The molecule has 0 aromatic heterocycles. The van der Waals surface area contributed by atoms with Gasteiger partial charge in [0.25, 0.3) is 26.0 Å².